The van der Waals surface area contributed by atoms with Crippen LogP contribution < -0.4 is 15.6 Å². The normalized spacial score (nSPS) is 19.4. The van der Waals surface area contributed by atoms with Crippen molar-refractivity contribution < 1.29 is 24.2 Å². The molecule has 0 spiro atoms. The second kappa shape index (κ2) is 9.39. The molecule has 2 amide bonds. The third-order valence-corrected chi connectivity index (χ3v) is 4.89. The number of aryl methyl sites for hydroxylation is 1. The molecule has 0 aliphatic heterocycles. The number of carboxylic acids is 1. The van der Waals surface area contributed by atoms with E-state index in [9.17, 15) is 19.5 Å². The molecular weight excluding hydrogens is 348 g/mol. The number of amides is 2. The number of carbonyl (C=O) groups is 3. The van der Waals surface area contributed by atoms with Crippen LogP contribution in [0.4, 0.5) is 0 Å². The fraction of sp³-hybridized carbons (Fsp3) is 0.550. The zero-order valence-corrected chi connectivity index (χ0v) is 16.1. The number of hydrogen-bond acceptors (Lipinski definition) is 4. The van der Waals surface area contributed by atoms with E-state index in [1.165, 1.54) is 0 Å². The van der Waals surface area contributed by atoms with Crippen molar-refractivity contribution in [2.45, 2.75) is 52.4 Å². The Kier molecular flexibility index (Phi) is 7.21. The number of carboxylic acid groups (broad SMARTS) is 1. The van der Waals surface area contributed by atoms with Gasteiger partial charge in [-0.1, -0.05) is 38.8 Å². The van der Waals surface area contributed by atoms with Crippen LogP contribution in [0.5, 0.6) is 5.75 Å². The van der Waals surface area contributed by atoms with Crippen molar-refractivity contribution in [3.05, 3.63) is 29.3 Å². The first-order valence-corrected chi connectivity index (χ1v) is 9.34. The topological polar surface area (TPSA) is 105 Å². The van der Waals surface area contributed by atoms with E-state index in [0.29, 0.717) is 18.6 Å². The van der Waals surface area contributed by atoms with E-state index in [1.807, 2.05) is 39.0 Å². The number of nitrogens with one attached hydrogen (secondary N) is 2. The van der Waals surface area contributed by atoms with Gasteiger partial charge in [0.25, 0.3) is 5.91 Å². The average Bonchev–Trinajstić information content (AvgIpc) is 2.64. The van der Waals surface area contributed by atoms with Crippen molar-refractivity contribution >= 4 is 17.8 Å². The lowest BCUT2D eigenvalue weighted by Crippen LogP contribution is -2.49. The highest BCUT2D eigenvalue weighted by molar-refractivity contribution is 5.87. The monoisotopic (exact) mass is 376 g/mol. The van der Waals surface area contributed by atoms with Crippen molar-refractivity contribution in [1.82, 2.24) is 10.9 Å². The van der Waals surface area contributed by atoms with Gasteiger partial charge in [-0.05, 0) is 42.9 Å². The quantitative estimate of drug-likeness (QED) is 0.662. The minimum Gasteiger partial charge on any atom is -0.483 e. The van der Waals surface area contributed by atoms with E-state index in [-0.39, 0.29) is 12.5 Å². The highest BCUT2D eigenvalue weighted by atomic mass is 16.5. The number of rotatable bonds is 6. The van der Waals surface area contributed by atoms with Crippen LogP contribution in [0.25, 0.3) is 0 Å². The van der Waals surface area contributed by atoms with Crippen molar-refractivity contribution in [1.29, 1.82) is 0 Å². The molecule has 27 heavy (non-hydrogen) atoms. The molecule has 2 atom stereocenters. The van der Waals surface area contributed by atoms with E-state index in [4.69, 9.17) is 4.74 Å². The van der Waals surface area contributed by atoms with Crippen LogP contribution in [-0.4, -0.2) is 29.5 Å². The van der Waals surface area contributed by atoms with Crippen molar-refractivity contribution in [2.75, 3.05) is 6.61 Å². The molecule has 148 valence electrons. The molecule has 1 aliphatic carbocycles. The van der Waals surface area contributed by atoms with Crippen LogP contribution >= 0.6 is 0 Å². The molecule has 0 heterocycles. The highest BCUT2D eigenvalue weighted by Crippen LogP contribution is 2.30. The number of hydrogen-bond donors (Lipinski definition) is 3. The molecule has 1 saturated carbocycles. The van der Waals surface area contributed by atoms with Crippen molar-refractivity contribution in [3.8, 4) is 5.75 Å². The van der Waals surface area contributed by atoms with Crippen LogP contribution in [0, 0.1) is 18.8 Å². The Hall–Kier alpha value is -2.57. The Labute approximate surface area is 159 Å². The lowest BCUT2D eigenvalue weighted by Gasteiger charge is -2.27. The standard InChI is InChI=1S/C20H28N2O5/c1-12(2)14-9-8-13(3)10-17(14)27-11-18(23)21-22-19(24)15-6-4-5-7-16(15)20(25)26/h8-10,12,15-16H,4-7,11H2,1-3H3,(H,21,23)(H,22,24)(H,25,26)/t15-,16+/m0/s1. The fourth-order valence-electron chi connectivity index (χ4n) is 3.39. The maximum Gasteiger partial charge on any atom is 0.307 e. The zero-order valence-electron chi connectivity index (χ0n) is 16.1. The van der Waals surface area contributed by atoms with Gasteiger partial charge in [0.05, 0.1) is 11.8 Å². The van der Waals surface area contributed by atoms with Crippen LogP contribution in [0.15, 0.2) is 18.2 Å². The maximum absolute atomic E-state index is 12.2. The van der Waals surface area contributed by atoms with E-state index >= 15 is 0 Å². The summed E-state index contributed by atoms with van der Waals surface area (Å²) < 4.78 is 5.62. The van der Waals surface area contributed by atoms with Crippen LogP contribution in [0.2, 0.25) is 0 Å². The molecule has 0 saturated heterocycles. The third-order valence-electron chi connectivity index (χ3n) is 4.89. The summed E-state index contributed by atoms with van der Waals surface area (Å²) in [5.74, 6) is -2.36. The maximum atomic E-state index is 12.2. The summed E-state index contributed by atoms with van der Waals surface area (Å²) >= 11 is 0. The first-order valence-electron chi connectivity index (χ1n) is 9.34. The Morgan fingerprint density at radius 1 is 1.15 bits per heavy atom. The van der Waals surface area contributed by atoms with E-state index in [2.05, 4.69) is 10.9 Å². The molecule has 0 radical (unpaired) electrons. The minimum atomic E-state index is -0.967. The van der Waals surface area contributed by atoms with Crippen LogP contribution in [0.1, 0.15) is 56.6 Å². The SMILES string of the molecule is Cc1ccc(C(C)C)c(OCC(=O)NNC(=O)[C@H]2CCCC[C@H]2C(=O)O)c1. The second-order valence-corrected chi connectivity index (χ2v) is 7.36. The summed E-state index contributed by atoms with van der Waals surface area (Å²) in [6.07, 6.45) is 2.60. The van der Waals surface area contributed by atoms with Gasteiger partial charge in [-0.15, -0.1) is 0 Å². The molecule has 1 aromatic carbocycles. The summed E-state index contributed by atoms with van der Waals surface area (Å²) in [5, 5.41) is 9.25. The van der Waals surface area contributed by atoms with Gasteiger partial charge in [-0.3, -0.25) is 25.2 Å². The van der Waals surface area contributed by atoms with Gasteiger partial charge < -0.3 is 9.84 Å². The smallest absolute Gasteiger partial charge is 0.307 e. The first kappa shape index (κ1) is 20.7. The van der Waals surface area contributed by atoms with Crippen LogP contribution in [0.3, 0.4) is 0 Å². The second-order valence-electron chi connectivity index (χ2n) is 7.36. The number of carbonyl (C=O) groups excluding carboxylic acids is 2. The van der Waals surface area contributed by atoms with E-state index in [0.717, 1.165) is 24.0 Å². The predicted molar refractivity (Wildman–Crippen MR) is 100 cm³/mol. The lowest BCUT2D eigenvalue weighted by atomic mass is 9.79. The van der Waals surface area contributed by atoms with Crippen molar-refractivity contribution in [3.63, 3.8) is 0 Å². The summed E-state index contributed by atoms with van der Waals surface area (Å²) in [4.78, 5) is 35.6. The molecule has 1 fully saturated rings. The molecule has 0 bridgehead atoms. The average molecular weight is 376 g/mol. The van der Waals surface area contributed by atoms with Gasteiger partial charge in [0.15, 0.2) is 6.61 Å². The number of benzene rings is 1. The van der Waals surface area contributed by atoms with Gasteiger partial charge in [-0.25, -0.2) is 0 Å². The Balaban J connectivity index is 1.87. The molecule has 1 aromatic rings. The number of aliphatic carboxylic acids is 1. The molecule has 2 rings (SSSR count). The fourth-order valence-corrected chi connectivity index (χ4v) is 3.39. The van der Waals surface area contributed by atoms with Gasteiger partial charge in [0.1, 0.15) is 5.75 Å². The van der Waals surface area contributed by atoms with E-state index in [1.54, 1.807) is 0 Å². The Morgan fingerprint density at radius 3 is 2.44 bits per heavy atom. The van der Waals surface area contributed by atoms with Gasteiger partial charge in [0.2, 0.25) is 5.91 Å². The Bertz CT molecular complexity index is 702. The molecule has 0 unspecified atom stereocenters. The summed E-state index contributed by atoms with van der Waals surface area (Å²) in [6, 6.07) is 5.84. The molecule has 3 N–H and O–H groups in total. The van der Waals surface area contributed by atoms with Crippen LogP contribution in [-0.2, 0) is 14.4 Å². The molecular formula is C20H28N2O5. The summed E-state index contributed by atoms with van der Waals surface area (Å²) in [6.45, 7) is 5.79. The highest BCUT2D eigenvalue weighted by Gasteiger charge is 2.35. The molecule has 0 aromatic heterocycles. The largest absolute Gasteiger partial charge is 0.483 e. The third kappa shape index (κ3) is 5.70. The van der Waals surface area contributed by atoms with Crippen molar-refractivity contribution in [2.24, 2.45) is 11.8 Å². The number of ether oxygens (including phenoxy) is 1. The Morgan fingerprint density at radius 2 is 1.81 bits per heavy atom. The summed E-state index contributed by atoms with van der Waals surface area (Å²) in [5.41, 5.74) is 6.69. The van der Waals surface area contributed by atoms with E-state index < -0.39 is 29.6 Å². The zero-order chi connectivity index (χ0) is 20.0. The van der Waals surface area contributed by atoms with Gasteiger partial charge in [0, 0.05) is 0 Å². The molecule has 7 nitrogen and oxygen atoms in total. The predicted octanol–water partition coefficient (Wildman–Crippen LogP) is 2.54. The number of hydrazine groups is 1. The first-order chi connectivity index (χ1) is 12.8. The van der Waals surface area contributed by atoms with Gasteiger partial charge in [-0.2, -0.15) is 0 Å². The molecule has 7 heteroatoms. The summed E-state index contributed by atoms with van der Waals surface area (Å²) in [7, 11) is 0. The minimum absolute atomic E-state index is 0.240. The molecule has 1 aliphatic rings. The lowest BCUT2D eigenvalue weighted by molar-refractivity contribution is -0.149. The van der Waals surface area contributed by atoms with Gasteiger partial charge >= 0.3 is 5.97 Å².